The van der Waals surface area contributed by atoms with Gasteiger partial charge in [0.1, 0.15) is 18.1 Å². The van der Waals surface area contributed by atoms with Gasteiger partial charge in [-0.3, -0.25) is 19.2 Å². The molecule has 0 bridgehead atoms. The number of hydrogen-bond donors (Lipinski definition) is 5. The fourth-order valence-corrected chi connectivity index (χ4v) is 6.68. The largest absolute Gasteiger partial charge is 0.368 e. The van der Waals surface area contributed by atoms with Gasteiger partial charge in [0, 0.05) is 28.4 Å². The van der Waals surface area contributed by atoms with Gasteiger partial charge in [-0.25, -0.2) is 0 Å². The monoisotopic (exact) mass is 585 g/mol. The molecule has 1 heterocycles. The molecule has 0 aromatic heterocycles. The lowest BCUT2D eigenvalue weighted by atomic mass is 10.00. The van der Waals surface area contributed by atoms with E-state index < -0.39 is 52.5 Å². The van der Waals surface area contributed by atoms with E-state index in [2.05, 4.69) is 16.0 Å². The number of hydrogen-bond acceptors (Lipinski definition) is 7. The van der Waals surface area contributed by atoms with Gasteiger partial charge in [-0.05, 0) is 37.8 Å². The van der Waals surface area contributed by atoms with Crippen LogP contribution in [0.3, 0.4) is 0 Å². The minimum atomic E-state index is -0.991. The van der Waals surface area contributed by atoms with Crippen molar-refractivity contribution in [2.75, 3.05) is 17.3 Å². The molecule has 0 spiro atoms. The van der Waals surface area contributed by atoms with Crippen LogP contribution in [0, 0.1) is 0 Å². The van der Waals surface area contributed by atoms with Crippen LogP contribution in [0.4, 0.5) is 0 Å². The maximum atomic E-state index is 13.5. The van der Waals surface area contributed by atoms with Gasteiger partial charge in [0.05, 0.1) is 6.04 Å². The van der Waals surface area contributed by atoms with Crippen LogP contribution in [0.15, 0.2) is 60.7 Å². The topological polar surface area (TPSA) is 156 Å². The zero-order chi connectivity index (χ0) is 29.1. The molecule has 2 aromatic carbocycles. The minimum absolute atomic E-state index is 0.196. The van der Waals surface area contributed by atoms with Crippen LogP contribution in [0.2, 0.25) is 0 Å². The maximum absolute atomic E-state index is 13.5. The second-order valence-electron chi connectivity index (χ2n) is 10.3. The molecule has 4 amide bonds. The van der Waals surface area contributed by atoms with Crippen molar-refractivity contribution in [2.24, 2.45) is 11.5 Å². The third-order valence-electron chi connectivity index (χ3n) is 6.72. The summed E-state index contributed by atoms with van der Waals surface area (Å²) in [6, 6.07) is 15.4. The Hall–Kier alpha value is -3.02. The van der Waals surface area contributed by atoms with Crippen molar-refractivity contribution in [1.82, 2.24) is 16.0 Å². The maximum Gasteiger partial charge on any atom is 0.244 e. The number of aryl methyl sites for hydroxylation is 1. The zero-order valence-corrected chi connectivity index (χ0v) is 24.6. The summed E-state index contributed by atoms with van der Waals surface area (Å²) < 4.78 is -0.670. The van der Waals surface area contributed by atoms with Crippen molar-refractivity contribution in [3.8, 4) is 0 Å². The van der Waals surface area contributed by atoms with Crippen LogP contribution in [0.25, 0.3) is 0 Å². The molecule has 216 valence electrons. The highest BCUT2D eigenvalue weighted by atomic mass is 32.2. The second-order valence-corrected chi connectivity index (χ2v) is 13.2. The molecule has 7 N–H and O–H groups in total. The smallest absolute Gasteiger partial charge is 0.244 e. The average Bonchev–Trinajstić information content (AvgIpc) is 2.94. The Morgan fingerprint density at radius 2 is 1.60 bits per heavy atom. The van der Waals surface area contributed by atoms with E-state index in [1.54, 1.807) is 0 Å². The lowest BCUT2D eigenvalue weighted by molar-refractivity contribution is -0.133. The van der Waals surface area contributed by atoms with Gasteiger partial charge < -0.3 is 27.4 Å². The van der Waals surface area contributed by atoms with E-state index in [9.17, 15) is 19.2 Å². The van der Waals surface area contributed by atoms with Gasteiger partial charge in [0.15, 0.2) is 0 Å². The van der Waals surface area contributed by atoms with Crippen LogP contribution in [-0.4, -0.2) is 69.8 Å². The Kier molecular flexibility index (Phi) is 11.9. The molecule has 1 aliphatic rings. The Labute approximate surface area is 244 Å². The molecule has 1 unspecified atom stereocenters. The first-order valence-electron chi connectivity index (χ1n) is 13.3. The summed E-state index contributed by atoms with van der Waals surface area (Å²) >= 11 is 3.03. The number of nitrogens with two attached hydrogens (primary N) is 2. The predicted octanol–water partition coefficient (Wildman–Crippen LogP) is 1.39. The zero-order valence-electron chi connectivity index (χ0n) is 22.9. The van der Waals surface area contributed by atoms with Crippen LogP contribution >= 0.6 is 23.5 Å². The molecule has 40 heavy (non-hydrogen) atoms. The average molecular weight is 586 g/mol. The van der Waals surface area contributed by atoms with Crippen LogP contribution in [0.1, 0.15) is 31.4 Å². The SMILES string of the molecule is CC1(C)SCCSCC(NC(=O)[C@@H](N)CCc2ccccc2)C(=O)N[C@@H](Cc2ccccc2)C(=O)N[C@H]1C(N)=O. The van der Waals surface area contributed by atoms with Gasteiger partial charge in [-0.2, -0.15) is 23.5 Å². The Bertz CT molecular complexity index is 1150. The van der Waals surface area contributed by atoms with Crippen LogP contribution in [-0.2, 0) is 32.0 Å². The molecule has 3 rings (SSSR count). The standard InChI is InChI=1S/C29H39N5O4S2/c1-29(2)24(25(31)35)34-27(37)22(17-20-11-7-4-8-12-20)32-28(38)23(18-39-15-16-40-29)33-26(36)21(30)14-13-19-9-5-3-6-10-19/h3-12,21-24H,13-18,30H2,1-2H3,(H2,31,35)(H,32,38)(H,33,36)(H,34,37)/t21-,22-,23?,24-/m0/s1. The Morgan fingerprint density at radius 1 is 0.975 bits per heavy atom. The number of nitrogens with one attached hydrogen (secondary N) is 3. The molecular formula is C29H39N5O4S2. The van der Waals surface area contributed by atoms with Crippen molar-refractivity contribution >= 4 is 47.2 Å². The molecule has 2 aromatic rings. The van der Waals surface area contributed by atoms with E-state index in [1.165, 1.54) is 23.5 Å². The van der Waals surface area contributed by atoms with Crippen molar-refractivity contribution in [3.63, 3.8) is 0 Å². The molecular weight excluding hydrogens is 546 g/mol. The number of carbonyl (C=O) groups is 4. The number of primary amides is 1. The first-order valence-corrected chi connectivity index (χ1v) is 15.5. The fourth-order valence-electron chi connectivity index (χ4n) is 4.37. The highest BCUT2D eigenvalue weighted by Crippen LogP contribution is 2.29. The highest BCUT2D eigenvalue weighted by Gasteiger charge is 2.38. The number of thioether (sulfide) groups is 2. The Morgan fingerprint density at radius 3 is 2.23 bits per heavy atom. The van der Waals surface area contributed by atoms with Gasteiger partial charge in [0.25, 0.3) is 0 Å². The first kappa shape index (κ1) is 31.5. The molecule has 9 nitrogen and oxygen atoms in total. The summed E-state index contributed by atoms with van der Waals surface area (Å²) in [6.45, 7) is 3.73. The summed E-state index contributed by atoms with van der Waals surface area (Å²) in [4.78, 5) is 52.3. The van der Waals surface area contributed by atoms with Crippen molar-refractivity contribution in [3.05, 3.63) is 71.8 Å². The van der Waals surface area contributed by atoms with Crippen molar-refractivity contribution < 1.29 is 19.2 Å². The number of carbonyl (C=O) groups excluding carboxylic acids is 4. The van der Waals surface area contributed by atoms with Gasteiger partial charge >= 0.3 is 0 Å². The van der Waals surface area contributed by atoms with E-state index >= 15 is 0 Å². The van der Waals surface area contributed by atoms with E-state index in [-0.39, 0.29) is 6.42 Å². The van der Waals surface area contributed by atoms with Crippen molar-refractivity contribution in [2.45, 2.75) is 62.0 Å². The summed E-state index contributed by atoms with van der Waals surface area (Å²) in [7, 11) is 0. The van der Waals surface area contributed by atoms with Gasteiger partial charge in [-0.15, -0.1) is 0 Å². The number of benzene rings is 2. The van der Waals surface area contributed by atoms with Crippen LogP contribution < -0.4 is 27.4 Å². The number of amides is 4. The normalized spacial score (nSPS) is 22.8. The molecule has 4 atom stereocenters. The predicted molar refractivity (Wildman–Crippen MR) is 162 cm³/mol. The quantitative estimate of drug-likeness (QED) is 0.313. The minimum Gasteiger partial charge on any atom is -0.368 e. The van der Waals surface area contributed by atoms with E-state index in [0.29, 0.717) is 30.1 Å². The lowest BCUT2D eigenvalue weighted by Gasteiger charge is -2.33. The van der Waals surface area contributed by atoms with E-state index in [1.807, 2.05) is 74.5 Å². The van der Waals surface area contributed by atoms with E-state index in [0.717, 1.165) is 11.1 Å². The third kappa shape index (κ3) is 9.57. The van der Waals surface area contributed by atoms with Gasteiger partial charge in [0.2, 0.25) is 23.6 Å². The highest BCUT2D eigenvalue weighted by molar-refractivity contribution is 8.03. The van der Waals surface area contributed by atoms with Crippen LogP contribution in [0.5, 0.6) is 0 Å². The molecule has 0 saturated carbocycles. The second kappa shape index (κ2) is 15.1. The molecule has 1 aliphatic heterocycles. The number of rotatable bonds is 8. The summed E-state index contributed by atoms with van der Waals surface area (Å²) in [6.07, 6.45) is 1.26. The molecule has 1 saturated heterocycles. The fraction of sp³-hybridized carbons (Fsp3) is 0.448. The van der Waals surface area contributed by atoms with Gasteiger partial charge in [-0.1, -0.05) is 60.7 Å². The molecule has 0 radical (unpaired) electrons. The first-order chi connectivity index (χ1) is 19.1. The van der Waals surface area contributed by atoms with Crippen molar-refractivity contribution in [1.29, 1.82) is 0 Å². The lowest BCUT2D eigenvalue weighted by Crippen LogP contribution is -2.61. The van der Waals surface area contributed by atoms with E-state index in [4.69, 9.17) is 11.5 Å². The third-order valence-corrected chi connectivity index (χ3v) is 9.43. The Balaban J connectivity index is 1.78. The summed E-state index contributed by atoms with van der Waals surface area (Å²) in [5.74, 6) is -0.449. The molecule has 11 heteroatoms. The summed E-state index contributed by atoms with van der Waals surface area (Å²) in [5, 5.41) is 8.40. The summed E-state index contributed by atoms with van der Waals surface area (Å²) in [5.41, 5.74) is 13.8. The molecule has 1 fully saturated rings. The molecule has 0 aliphatic carbocycles.